The smallest absolute Gasteiger partial charge is 0.193 e. The molecule has 1 unspecified atom stereocenters. The molecule has 3 rings (SSSR count). The van der Waals surface area contributed by atoms with Crippen molar-refractivity contribution in [2.24, 2.45) is 4.99 Å². The van der Waals surface area contributed by atoms with Crippen LogP contribution in [0.5, 0.6) is 17.2 Å². The highest BCUT2D eigenvalue weighted by atomic mass is 127. The Morgan fingerprint density at radius 3 is 2.48 bits per heavy atom. The molecule has 0 spiro atoms. The highest BCUT2D eigenvalue weighted by Gasteiger charge is 2.27. The van der Waals surface area contributed by atoms with E-state index in [0.717, 1.165) is 42.5 Å². The van der Waals surface area contributed by atoms with Crippen LogP contribution in [-0.2, 0) is 6.54 Å². The molecule has 0 radical (unpaired) electrons. The molecule has 0 amide bonds. The molecule has 8 heteroatoms. The van der Waals surface area contributed by atoms with Crippen molar-refractivity contribution in [1.82, 2.24) is 10.2 Å². The van der Waals surface area contributed by atoms with E-state index >= 15 is 0 Å². The van der Waals surface area contributed by atoms with Gasteiger partial charge in [-0.3, -0.25) is 4.99 Å². The molecule has 6 nitrogen and oxygen atoms in total. The molecule has 2 N–H and O–H groups in total. The van der Waals surface area contributed by atoms with Gasteiger partial charge in [-0.15, -0.1) is 24.0 Å². The molecule has 0 bridgehead atoms. The maximum absolute atomic E-state index is 13.5. The van der Waals surface area contributed by atoms with Gasteiger partial charge >= 0.3 is 0 Å². The number of methoxy groups -OCH3 is 2. The quantitative estimate of drug-likeness (QED) is 0.361. The number of ether oxygens (including phenoxy) is 2. The highest BCUT2D eigenvalue weighted by molar-refractivity contribution is 14.0. The van der Waals surface area contributed by atoms with E-state index in [1.807, 2.05) is 18.2 Å². The summed E-state index contributed by atoms with van der Waals surface area (Å²) >= 11 is 0. The minimum Gasteiger partial charge on any atom is -0.505 e. The molecule has 1 heterocycles. The number of guanidine groups is 1. The molecule has 29 heavy (non-hydrogen) atoms. The van der Waals surface area contributed by atoms with Crippen LogP contribution in [0.2, 0.25) is 0 Å². The van der Waals surface area contributed by atoms with Crippen molar-refractivity contribution in [2.45, 2.75) is 18.9 Å². The molecular weight excluding hydrogens is 488 g/mol. The summed E-state index contributed by atoms with van der Waals surface area (Å²) < 4.78 is 24.3. The Balaban J connectivity index is 0.00000300. The molecule has 0 aromatic heterocycles. The predicted molar refractivity (Wildman–Crippen MR) is 122 cm³/mol. The van der Waals surface area contributed by atoms with E-state index < -0.39 is 5.82 Å². The highest BCUT2D eigenvalue weighted by Crippen LogP contribution is 2.33. The first kappa shape index (κ1) is 23.1. The van der Waals surface area contributed by atoms with E-state index in [-0.39, 0.29) is 29.7 Å². The number of hydrogen-bond donors (Lipinski definition) is 2. The number of likely N-dealkylation sites (tertiary alicyclic amines) is 1. The first-order chi connectivity index (χ1) is 13.5. The molecule has 158 valence electrons. The minimum absolute atomic E-state index is 0. The van der Waals surface area contributed by atoms with Crippen molar-refractivity contribution in [3.63, 3.8) is 0 Å². The SMILES string of the molecule is CN=C(NCc1ccc(O)c(F)c1)N1CCC(c2cc(OC)cc(OC)c2)C1.I. The number of hydrogen-bond acceptors (Lipinski definition) is 4. The van der Waals surface area contributed by atoms with Gasteiger partial charge in [-0.1, -0.05) is 6.07 Å². The third kappa shape index (κ3) is 5.65. The zero-order valence-corrected chi connectivity index (χ0v) is 19.1. The van der Waals surface area contributed by atoms with E-state index in [4.69, 9.17) is 9.47 Å². The molecular formula is C21H27FIN3O3. The Labute approximate surface area is 187 Å². The standard InChI is InChI=1S/C21H26FN3O3.HI/c1-23-21(24-12-14-4-5-20(26)19(22)8-14)25-7-6-15(13-25)16-9-17(27-2)11-18(10-16)28-3;/h4-5,8-11,15,26H,6-7,12-13H2,1-3H3,(H,23,24);1H. The Hall–Kier alpha value is -2.23. The number of nitrogens with zero attached hydrogens (tertiary/aromatic N) is 2. The molecule has 0 saturated carbocycles. The van der Waals surface area contributed by atoms with Crippen molar-refractivity contribution in [3.05, 3.63) is 53.3 Å². The topological polar surface area (TPSA) is 66.3 Å². The summed E-state index contributed by atoms with van der Waals surface area (Å²) in [6.07, 6.45) is 0.991. The molecule has 1 aliphatic rings. The normalized spacial score (nSPS) is 16.3. The van der Waals surface area contributed by atoms with E-state index in [2.05, 4.69) is 15.2 Å². The molecule has 2 aromatic carbocycles. The number of nitrogens with one attached hydrogen (secondary N) is 1. The first-order valence-corrected chi connectivity index (χ1v) is 9.20. The lowest BCUT2D eigenvalue weighted by Gasteiger charge is -2.22. The van der Waals surface area contributed by atoms with Gasteiger partial charge in [0.1, 0.15) is 11.5 Å². The van der Waals surface area contributed by atoms with Gasteiger partial charge in [-0.2, -0.15) is 0 Å². The minimum atomic E-state index is -0.623. The Morgan fingerprint density at radius 2 is 1.90 bits per heavy atom. The van der Waals surface area contributed by atoms with Crippen LogP contribution in [0.25, 0.3) is 0 Å². The first-order valence-electron chi connectivity index (χ1n) is 9.20. The molecule has 2 aromatic rings. The van der Waals surface area contributed by atoms with Crippen LogP contribution in [0, 0.1) is 5.82 Å². The van der Waals surface area contributed by atoms with Crippen LogP contribution >= 0.6 is 24.0 Å². The zero-order valence-electron chi connectivity index (χ0n) is 16.8. The van der Waals surface area contributed by atoms with E-state index in [1.54, 1.807) is 27.3 Å². The number of phenols is 1. The third-order valence-electron chi connectivity index (χ3n) is 5.01. The largest absolute Gasteiger partial charge is 0.505 e. The molecule has 1 fully saturated rings. The van der Waals surface area contributed by atoms with Gasteiger partial charge in [0.2, 0.25) is 0 Å². The second-order valence-electron chi connectivity index (χ2n) is 6.76. The average molecular weight is 515 g/mol. The number of benzene rings is 2. The summed E-state index contributed by atoms with van der Waals surface area (Å²) in [6, 6.07) is 10.3. The van der Waals surface area contributed by atoms with Crippen LogP contribution in [0.3, 0.4) is 0 Å². The van der Waals surface area contributed by atoms with Gasteiger partial charge in [-0.05, 0) is 41.8 Å². The third-order valence-corrected chi connectivity index (χ3v) is 5.01. The fourth-order valence-corrected chi connectivity index (χ4v) is 3.46. The van der Waals surface area contributed by atoms with Gasteiger partial charge in [0.15, 0.2) is 17.5 Å². The maximum Gasteiger partial charge on any atom is 0.193 e. The van der Waals surface area contributed by atoms with Crippen molar-refractivity contribution >= 4 is 29.9 Å². The van der Waals surface area contributed by atoms with Crippen LogP contribution in [0.1, 0.15) is 23.5 Å². The number of halogens is 2. The summed E-state index contributed by atoms with van der Waals surface area (Å²) in [4.78, 5) is 6.55. The number of phenolic OH excluding ortho intramolecular Hbond substituents is 1. The molecule has 1 aliphatic heterocycles. The summed E-state index contributed by atoms with van der Waals surface area (Å²) in [5, 5.41) is 12.6. The number of rotatable bonds is 5. The van der Waals surface area contributed by atoms with Gasteiger partial charge in [0.25, 0.3) is 0 Å². The van der Waals surface area contributed by atoms with Crippen LogP contribution < -0.4 is 14.8 Å². The van der Waals surface area contributed by atoms with E-state index in [9.17, 15) is 9.50 Å². The number of aromatic hydroxyl groups is 1. The van der Waals surface area contributed by atoms with Gasteiger partial charge in [0, 0.05) is 38.7 Å². The fraction of sp³-hybridized carbons (Fsp3) is 0.381. The molecule has 1 atom stereocenters. The Kier molecular flexibility index (Phi) is 8.36. The van der Waals surface area contributed by atoms with Crippen LogP contribution in [-0.4, -0.2) is 50.3 Å². The van der Waals surface area contributed by atoms with Gasteiger partial charge < -0.3 is 24.8 Å². The van der Waals surface area contributed by atoms with Gasteiger partial charge in [0.05, 0.1) is 14.2 Å². The molecule has 0 aliphatic carbocycles. The van der Waals surface area contributed by atoms with Crippen molar-refractivity contribution in [1.29, 1.82) is 0 Å². The van der Waals surface area contributed by atoms with E-state index in [0.29, 0.717) is 12.5 Å². The van der Waals surface area contributed by atoms with Crippen molar-refractivity contribution in [3.8, 4) is 17.2 Å². The second-order valence-corrected chi connectivity index (χ2v) is 6.76. The summed E-state index contributed by atoms with van der Waals surface area (Å²) in [5.74, 6) is 1.71. The lowest BCUT2D eigenvalue weighted by atomic mass is 9.98. The molecule has 1 saturated heterocycles. The van der Waals surface area contributed by atoms with Crippen LogP contribution in [0.15, 0.2) is 41.4 Å². The second kappa shape index (κ2) is 10.5. The fourth-order valence-electron chi connectivity index (χ4n) is 3.46. The summed E-state index contributed by atoms with van der Waals surface area (Å²) in [5.41, 5.74) is 1.92. The van der Waals surface area contributed by atoms with E-state index in [1.165, 1.54) is 17.7 Å². The number of aliphatic imine (C=N–C) groups is 1. The van der Waals surface area contributed by atoms with Gasteiger partial charge in [-0.25, -0.2) is 4.39 Å². The summed E-state index contributed by atoms with van der Waals surface area (Å²) in [7, 11) is 5.04. The van der Waals surface area contributed by atoms with Crippen LogP contribution in [0.4, 0.5) is 4.39 Å². The van der Waals surface area contributed by atoms with Crippen molar-refractivity contribution in [2.75, 3.05) is 34.4 Å². The lowest BCUT2D eigenvalue weighted by molar-refractivity contribution is 0.392. The predicted octanol–water partition coefficient (Wildman–Crippen LogP) is 3.73. The average Bonchev–Trinajstić information content (AvgIpc) is 3.20. The zero-order chi connectivity index (χ0) is 20.1. The monoisotopic (exact) mass is 515 g/mol. The maximum atomic E-state index is 13.5. The summed E-state index contributed by atoms with van der Waals surface area (Å²) in [6.45, 7) is 2.12. The van der Waals surface area contributed by atoms with Crippen molar-refractivity contribution < 1.29 is 19.0 Å². The lowest BCUT2D eigenvalue weighted by Crippen LogP contribution is -2.39. The Morgan fingerprint density at radius 1 is 1.21 bits per heavy atom. The Bertz CT molecular complexity index is 841.